The summed E-state index contributed by atoms with van der Waals surface area (Å²) >= 11 is 0. The molecule has 0 radical (unpaired) electrons. The second kappa shape index (κ2) is 4.24. The van der Waals surface area contributed by atoms with Crippen LogP contribution in [0.2, 0.25) is 0 Å². The Hall–Kier alpha value is -0.0800. The van der Waals surface area contributed by atoms with Crippen LogP contribution >= 0.6 is 0 Å². The maximum Gasteiger partial charge on any atom is 0.0476 e. The van der Waals surface area contributed by atoms with Crippen LogP contribution in [-0.4, -0.2) is 18.3 Å². The summed E-state index contributed by atoms with van der Waals surface area (Å²) in [6, 6.07) is 0. The topological polar surface area (TPSA) is 46.2 Å². The van der Waals surface area contributed by atoms with Gasteiger partial charge in [0.25, 0.3) is 0 Å². The van der Waals surface area contributed by atoms with E-state index in [1.807, 2.05) is 0 Å². The summed E-state index contributed by atoms with van der Waals surface area (Å²) in [4.78, 5) is 0. The van der Waals surface area contributed by atoms with Crippen molar-refractivity contribution in [1.29, 1.82) is 0 Å². The second-order valence-electron chi connectivity index (χ2n) is 4.33. The number of aliphatic hydroxyl groups excluding tert-OH is 1. The van der Waals surface area contributed by atoms with Gasteiger partial charge in [-0.3, -0.25) is 0 Å². The molecule has 2 nitrogen and oxygen atoms in total. The lowest BCUT2D eigenvalue weighted by molar-refractivity contribution is 0.0710. The largest absolute Gasteiger partial charge is 0.396 e. The van der Waals surface area contributed by atoms with Crippen molar-refractivity contribution in [3.05, 3.63) is 0 Å². The average molecular weight is 171 g/mol. The number of hydrogen-bond donors (Lipinski definition) is 2. The maximum absolute atomic E-state index is 9.16. The molecule has 1 aliphatic rings. The highest BCUT2D eigenvalue weighted by Crippen LogP contribution is 2.41. The monoisotopic (exact) mass is 171 g/mol. The molecule has 1 fully saturated rings. The van der Waals surface area contributed by atoms with Gasteiger partial charge in [-0.2, -0.15) is 0 Å². The third kappa shape index (κ3) is 1.99. The molecule has 2 heteroatoms. The first-order chi connectivity index (χ1) is 5.73. The fraction of sp³-hybridized carbons (Fsp3) is 1.00. The lowest BCUT2D eigenvalue weighted by atomic mass is 9.67. The van der Waals surface area contributed by atoms with Gasteiger partial charge in [0.1, 0.15) is 0 Å². The Morgan fingerprint density at radius 1 is 1.33 bits per heavy atom. The molecule has 0 aliphatic heterocycles. The molecule has 72 valence electrons. The van der Waals surface area contributed by atoms with Gasteiger partial charge in [0.2, 0.25) is 0 Å². The SMILES string of the molecule is CC1(C(CN)CO)CCCCC1. The summed E-state index contributed by atoms with van der Waals surface area (Å²) in [7, 11) is 0. The highest BCUT2D eigenvalue weighted by Gasteiger charge is 2.33. The van der Waals surface area contributed by atoms with E-state index in [1.54, 1.807) is 0 Å². The van der Waals surface area contributed by atoms with Crippen molar-refractivity contribution in [3.63, 3.8) is 0 Å². The molecule has 12 heavy (non-hydrogen) atoms. The van der Waals surface area contributed by atoms with Crippen LogP contribution < -0.4 is 5.73 Å². The lowest BCUT2D eigenvalue weighted by Crippen LogP contribution is -2.37. The molecule has 0 bridgehead atoms. The summed E-state index contributed by atoms with van der Waals surface area (Å²) in [5.74, 6) is 0.317. The zero-order valence-electron chi connectivity index (χ0n) is 8.05. The zero-order valence-corrected chi connectivity index (χ0v) is 8.05. The smallest absolute Gasteiger partial charge is 0.0476 e. The predicted molar refractivity (Wildman–Crippen MR) is 50.8 cm³/mol. The van der Waals surface area contributed by atoms with Crippen LogP contribution in [0.5, 0.6) is 0 Å². The number of hydrogen-bond acceptors (Lipinski definition) is 2. The van der Waals surface area contributed by atoms with Crippen molar-refractivity contribution in [1.82, 2.24) is 0 Å². The van der Waals surface area contributed by atoms with E-state index in [9.17, 15) is 0 Å². The van der Waals surface area contributed by atoms with Gasteiger partial charge in [0.05, 0.1) is 0 Å². The fourth-order valence-electron chi connectivity index (χ4n) is 2.35. The normalized spacial score (nSPS) is 25.2. The van der Waals surface area contributed by atoms with Crippen LogP contribution in [0.15, 0.2) is 0 Å². The van der Waals surface area contributed by atoms with Crippen LogP contribution in [0.3, 0.4) is 0 Å². The maximum atomic E-state index is 9.16. The Morgan fingerprint density at radius 3 is 2.33 bits per heavy atom. The van der Waals surface area contributed by atoms with Crippen molar-refractivity contribution in [2.24, 2.45) is 17.1 Å². The minimum atomic E-state index is 0.257. The summed E-state index contributed by atoms with van der Waals surface area (Å²) in [6.45, 7) is 3.17. The average Bonchev–Trinajstić information content (AvgIpc) is 2.07. The zero-order chi connectivity index (χ0) is 9.03. The van der Waals surface area contributed by atoms with Crippen LogP contribution in [0.4, 0.5) is 0 Å². The number of rotatable bonds is 3. The van der Waals surface area contributed by atoms with E-state index in [2.05, 4.69) is 6.92 Å². The van der Waals surface area contributed by atoms with E-state index < -0.39 is 0 Å². The fourth-order valence-corrected chi connectivity index (χ4v) is 2.35. The summed E-state index contributed by atoms with van der Waals surface area (Å²) < 4.78 is 0. The van der Waals surface area contributed by atoms with Crippen molar-refractivity contribution in [3.8, 4) is 0 Å². The third-order valence-corrected chi connectivity index (χ3v) is 3.49. The molecule has 1 unspecified atom stereocenters. The Kier molecular flexibility index (Phi) is 3.53. The quantitative estimate of drug-likeness (QED) is 0.676. The molecule has 0 amide bonds. The third-order valence-electron chi connectivity index (χ3n) is 3.49. The summed E-state index contributed by atoms with van der Waals surface area (Å²) in [5, 5.41) is 9.16. The van der Waals surface area contributed by atoms with E-state index in [0.717, 1.165) is 0 Å². The molecule has 0 heterocycles. The van der Waals surface area contributed by atoms with Crippen molar-refractivity contribution >= 4 is 0 Å². The lowest BCUT2D eigenvalue weighted by Gasteiger charge is -2.39. The van der Waals surface area contributed by atoms with E-state index >= 15 is 0 Å². The van der Waals surface area contributed by atoms with Gasteiger partial charge < -0.3 is 10.8 Å². The van der Waals surface area contributed by atoms with Gasteiger partial charge in [0.15, 0.2) is 0 Å². The van der Waals surface area contributed by atoms with Gasteiger partial charge >= 0.3 is 0 Å². The van der Waals surface area contributed by atoms with Crippen molar-refractivity contribution in [2.75, 3.05) is 13.2 Å². The van der Waals surface area contributed by atoms with Gasteiger partial charge in [-0.15, -0.1) is 0 Å². The first-order valence-electron chi connectivity index (χ1n) is 5.04. The van der Waals surface area contributed by atoms with E-state index in [-0.39, 0.29) is 6.61 Å². The van der Waals surface area contributed by atoms with Gasteiger partial charge in [-0.25, -0.2) is 0 Å². The molecule has 1 atom stereocenters. The molecular formula is C10H21NO. The second-order valence-corrected chi connectivity index (χ2v) is 4.33. The number of aliphatic hydroxyl groups is 1. The van der Waals surface area contributed by atoms with Crippen LogP contribution in [0.1, 0.15) is 39.0 Å². The van der Waals surface area contributed by atoms with Gasteiger partial charge in [-0.05, 0) is 30.7 Å². The molecule has 3 N–H and O–H groups in total. The Bertz CT molecular complexity index is 126. The molecule has 0 aromatic carbocycles. The molecule has 0 aromatic heterocycles. The first-order valence-corrected chi connectivity index (χ1v) is 5.04. The van der Waals surface area contributed by atoms with E-state index in [4.69, 9.17) is 10.8 Å². The summed E-state index contributed by atoms with van der Waals surface area (Å²) in [5.41, 5.74) is 5.96. The minimum Gasteiger partial charge on any atom is -0.396 e. The van der Waals surface area contributed by atoms with E-state index in [0.29, 0.717) is 17.9 Å². The first kappa shape index (κ1) is 10.0. The van der Waals surface area contributed by atoms with Crippen molar-refractivity contribution < 1.29 is 5.11 Å². The van der Waals surface area contributed by atoms with Crippen molar-refractivity contribution in [2.45, 2.75) is 39.0 Å². The van der Waals surface area contributed by atoms with Crippen LogP contribution in [0.25, 0.3) is 0 Å². The Balaban J connectivity index is 2.53. The molecular weight excluding hydrogens is 150 g/mol. The highest BCUT2D eigenvalue weighted by molar-refractivity contribution is 4.85. The number of nitrogens with two attached hydrogens (primary N) is 1. The Labute approximate surface area is 75.2 Å². The molecule has 0 saturated heterocycles. The Morgan fingerprint density at radius 2 is 1.92 bits per heavy atom. The van der Waals surface area contributed by atoms with Gasteiger partial charge in [-0.1, -0.05) is 26.2 Å². The van der Waals surface area contributed by atoms with Crippen LogP contribution in [0, 0.1) is 11.3 Å². The predicted octanol–water partition coefficient (Wildman–Crippen LogP) is 1.52. The molecule has 1 saturated carbocycles. The standard InChI is InChI=1S/C10H21NO/c1-10(9(7-11)8-12)5-3-2-4-6-10/h9,12H,2-8,11H2,1H3. The molecule has 0 aromatic rings. The van der Waals surface area contributed by atoms with Crippen LogP contribution in [-0.2, 0) is 0 Å². The minimum absolute atomic E-state index is 0.257. The molecule has 0 spiro atoms. The molecule has 1 aliphatic carbocycles. The summed E-state index contributed by atoms with van der Waals surface area (Å²) in [6.07, 6.45) is 6.48. The molecule has 1 rings (SSSR count). The highest BCUT2D eigenvalue weighted by atomic mass is 16.3. The van der Waals surface area contributed by atoms with E-state index in [1.165, 1.54) is 32.1 Å². The van der Waals surface area contributed by atoms with Gasteiger partial charge in [0, 0.05) is 6.61 Å².